The normalized spacial score (nSPS) is 24.8. The summed E-state index contributed by atoms with van der Waals surface area (Å²) < 4.78 is 4.37. The molecule has 15 heavy (non-hydrogen) atoms. The number of aliphatic hydroxyl groups is 1. The molecule has 0 aliphatic carbocycles. The molecule has 1 rings (SSSR count). The summed E-state index contributed by atoms with van der Waals surface area (Å²) in [4.78, 5) is 24.0. The van der Waals surface area contributed by atoms with Gasteiger partial charge in [-0.1, -0.05) is 13.8 Å². The van der Waals surface area contributed by atoms with Gasteiger partial charge in [-0.25, -0.2) is 4.79 Å². The maximum absolute atomic E-state index is 11.5. The third-order valence-corrected chi connectivity index (χ3v) is 2.82. The number of hydrogen-bond acceptors (Lipinski definition) is 4. The second-order valence-electron chi connectivity index (χ2n) is 4.51. The predicted octanol–water partition coefficient (Wildman–Crippen LogP) is -0.221. The van der Waals surface area contributed by atoms with Crippen molar-refractivity contribution < 1.29 is 19.4 Å². The van der Waals surface area contributed by atoms with Crippen LogP contribution in [0.5, 0.6) is 0 Å². The lowest BCUT2D eigenvalue weighted by molar-refractivity contribution is -0.161. The van der Waals surface area contributed by atoms with Crippen molar-refractivity contribution in [2.75, 3.05) is 20.2 Å². The molecule has 5 heteroatoms. The molecule has 1 fully saturated rings. The summed E-state index contributed by atoms with van der Waals surface area (Å²) in [6, 6.07) is 0. The van der Waals surface area contributed by atoms with Gasteiger partial charge in [-0.3, -0.25) is 4.79 Å². The van der Waals surface area contributed by atoms with E-state index >= 15 is 0 Å². The van der Waals surface area contributed by atoms with Crippen LogP contribution in [0.4, 0.5) is 0 Å². The predicted molar refractivity (Wildman–Crippen MR) is 53.0 cm³/mol. The molecule has 1 aliphatic rings. The first-order valence-electron chi connectivity index (χ1n) is 4.94. The molecule has 1 atom stereocenters. The van der Waals surface area contributed by atoms with E-state index in [4.69, 9.17) is 0 Å². The third-order valence-electron chi connectivity index (χ3n) is 2.82. The van der Waals surface area contributed by atoms with Gasteiger partial charge < -0.3 is 14.7 Å². The van der Waals surface area contributed by atoms with Gasteiger partial charge >= 0.3 is 11.9 Å². The maximum atomic E-state index is 11.5. The van der Waals surface area contributed by atoms with Crippen molar-refractivity contribution in [3.63, 3.8) is 0 Å². The number of carbonyl (C=O) groups excluding carboxylic acids is 2. The molecule has 86 valence electrons. The molecule has 1 amide bonds. The zero-order valence-electron chi connectivity index (χ0n) is 9.32. The van der Waals surface area contributed by atoms with Gasteiger partial charge in [0, 0.05) is 18.5 Å². The molecule has 1 unspecified atom stereocenters. The molecule has 1 saturated heterocycles. The van der Waals surface area contributed by atoms with Crippen LogP contribution < -0.4 is 0 Å². The summed E-state index contributed by atoms with van der Waals surface area (Å²) in [5.41, 5.74) is -0.373. The monoisotopic (exact) mass is 215 g/mol. The maximum Gasteiger partial charge on any atom is 0.396 e. The van der Waals surface area contributed by atoms with E-state index in [1.807, 2.05) is 13.8 Å². The molecule has 5 nitrogen and oxygen atoms in total. The molecule has 0 aromatic heterocycles. The smallest absolute Gasteiger partial charge is 0.396 e. The van der Waals surface area contributed by atoms with E-state index in [-0.39, 0.29) is 5.41 Å². The van der Waals surface area contributed by atoms with Crippen LogP contribution >= 0.6 is 0 Å². The zero-order valence-corrected chi connectivity index (χ0v) is 9.32. The first-order chi connectivity index (χ1) is 6.88. The molecule has 0 aromatic rings. The first kappa shape index (κ1) is 12.0. The van der Waals surface area contributed by atoms with Crippen LogP contribution in [0.15, 0.2) is 0 Å². The fourth-order valence-corrected chi connectivity index (χ4v) is 1.73. The van der Waals surface area contributed by atoms with Crippen molar-refractivity contribution in [3.05, 3.63) is 0 Å². The lowest BCUT2D eigenvalue weighted by Gasteiger charge is -2.41. The highest BCUT2D eigenvalue weighted by Gasteiger charge is 2.38. The molecule has 0 radical (unpaired) electrons. The summed E-state index contributed by atoms with van der Waals surface area (Å²) in [5.74, 6) is -1.47. The van der Waals surface area contributed by atoms with Crippen molar-refractivity contribution in [2.45, 2.75) is 26.4 Å². The number of piperidine rings is 1. The molecular weight excluding hydrogens is 198 g/mol. The highest BCUT2D eigenvalue weighted by Crippen LogP contribution is 2.29. The van der Waals surface area contributed by atoms with E-state index in [0.717, 1.165) is 0 Å². The highest BCUT2D eigenvalue weighted by molar-refractivity contribution is 6.32. The number of methoxy groups -OCH3 is 1. The number of carbonyl (C=O) groups is 2. The average Bonchev–Trinajstić information content (AvgIpc) is 2.19. The Balaban J connectivity index is 2.67. The van der Waals surface area contributed by atoms with Gasteiger partial charge in [-0.15, -0.1) is 0 Å². The quantitative estimate of drug-likeness (QED) is 0.448. The SMILES string of the molecule is COC(=O)C(=O)N1CCC(O)C(C)(C)C1. The van der Waals surface area contributed by atoms with Crippen LogP contribution in [-0.2, 0) is 14.3 Å². The van der Waals surface area contributed by atoms with Gasteiger partial charge in [0.05, 0.1) is 13.2 Å². The Morgan fingerprint density at radius 3 is 2.53 bits per heavy atom. The lowest BCUT2D eigenvalue weighted by Crippen LogP contribution is -2.52. The van der Waals surface area contributed by atoms with Crippen molar-refractivity contribution in [1.29, 1.82) is 0 Å². The minimum atomic E-state index is -0.845. The Hall–Kier alpha value is -1.10. The molecular formula is C10H17NO4. The fourth-order valence-electron chi connectivity index (χ4n) is 1.73. The number of amides is 1. The standard InChI is InChI=1S/C10H17NO4/c1-10(2)6-11(5-4-7(10)12)8(13)9(14)15-3/h7,12H,4-6H2,1-3H3. The summed E-state index contributed by atoms with van der Waals surface area (Å²) in [6.45, 7) is 4.52. The van der Waals surface area contributed by atoms with Crippen LogP contribution in [0.2, 0.25) is 0 Å². The Bertz CT molecular complexity index is 275. The number of esters is 1. The topological polar surface area (TPSA) is 66.8 Å². The van der Waals surface area contributed by atoms with Crippen molar-refractivity contribution >= 4 is 11.9 Å². The van der Waals surface area contributed by atoms with E-state index < -0.39 is 18.0 Å². The van der Waals surface area contributed by atoms with Crippen molar-refractivity contribution in [2.24, 2.45) is 5.41 Å². The number of hydrogen-bond donors (Lipinski definition) is 1. The molecule has 1 N–H and O–H groups in total. The summed E-state index contributed by atoms with van der Waals surface area (Å²) in [5, 5.41) is 9.68. The second kappa shape index (κ2) is 4.18. The van der Waals surface area contributed by atoms with Gasteiger partial charge in [0.1, 0.15) is 0 Å². The second-order valence-corrected chi connectivity index (χ2v) is 4.51. The minimum absolute atomic E-state index is 0.373. The lowest BCUT2D eigenvalue weighted by atomic mass is 9.81. The largest absolute Gasteiger partial charge is 0.462 e. The van der Waals surface area contributed by atoms with Gasteiger partial charge in [0.25, 0.3) is 0 Å². The molecule has 0 aromatic carbocycles. The van der Waals surface area contributed by atoms with Gasteiger partial charge in [0.15, 0.2) is 0 Å². The van der Waals surface area contributed by atoms with E-state index in [9.17, 15) is 14.7 Å². The van der Waals surface area contributed by atoms with Gasteiger partial charge in [-0.05, 0) is 6.42 Å². The fraction of sp³-hybridized carbons (Fsp3) is 0.800. The molecule has 1 aliphatic heterocycles. The average molecular weight is 215 g/mol. The Morgan fingerprint density at radius 2 is 2.07 bits per heavy atom. The van der Waals surface area contributed by atoms with E-state index in [0.29, 0.717) is 19.5 Å². The van der Waals surface area contributed by atoms with Crippen LogP contribution in [-0.4, -0.2) is 48.2 Å². The molecule has 1 heterocycles. The van der Waals surface area contributed by atoms with Crippen molar-refractivity contribution in [3.8, 4) is 0 Å². The van der Waals surface area contributed by atoms with Crippen LogP contribution in [0.25, 0.3) is 0 Å². The number of likely N-dealkylation sites (tertiary alicyclic amines) is 1. The number of nitrogens with zero attached hydrogens (tertiary/aromatic N) is 1. The van der Waals surface area contributed by atoms with Crippen molar-refractivity contribution in [1.82, 2.24) is 4.90 Å². The molecule has 0 spiro atoms. The third kappa shape index (κ3) is 2.47. The van der Waals surface area contributed by atoms with Crippen LogP contribution in [0.1, 0.15) is 20.3 Å². The Morgan fingerprint density at radius 1 is 1.47 bits per heavy atom. The number of aliphatic hydroxyl groups excluding tert-OH is 1. The highest BCUT2D eigenvalue weighted by atomic mass is 16.5. The summed E-state index contributed by atoms with van der Waals surface area (Å²) in [6.07, 6.45) is 0.0645. The molecule has 0 bridgehead atoms. The van der Waals surface area contributed by atoms with Crippen LogP contribution in [0.3, 0.4) is 0 Å². The van der Waals surface area contributed by atoms with Gasteiger partial charge in [-0.2, -0.15) is 0 Å². The number of ether oxygens (including phenoxy) is 1. The summed E-state index contributed by atoms with van der Waals surface area (Å²) >= 11 is 0. The minimum Gasteiger partial charge on any atom is -0.462 e. The Labute approximate surface area is 89.0 Å². The molecule has 0 saturated carbocycles. The van der Waals surface area contributed by atoms with Crippen LogP contribution in [0, 0.1) is 5.41 Å². The Kier molecular flexibility index (Phi) is 3.34. The van der Waals surface area contributed by atoms with E-state index in [2.05, 4.69) is 4.74 Å². The number of rotatable bonds is 0. The van der Waals surface area contributed by atoms with Gasteiger partial charge in [0.2, 0.25) is 0 Å². The first-order valence-corrected chi connectivity index (χ1v) is 4.94. The van der Waals surface area contributed by atoms with E-state index in [1.165, 1.54) is 12.0 Å². The summed E-state index contributed by atoms with van der Waals surface area (Å²) in [7, 11) is 1.18. The zero-order chi connectivity index (χ0) is 11.6. The van der Waals surface area contributed by atoms with E-state index in [1.54, 1.807) is 0 Å².